The predicted octanol–water partition coefficient (Wildman–Crippen LogP) is 3.60. The number of hydrogen-bond donors (Lipinski definition) is 1. The van der Waals surface area contributed by atoms with Gasteiger partial charge in [-0.1, -0.05) is 12.0 Å². The molecule has 1 N–H and O–H groups in total. The third-order valence-corrected chi connectivity index (χ3v) is 6.47. The number of ether oxygens (including phenoxy) is 2. The Labute approximate surface area is 193 Å². The molecule has 0 spiro atoms. The Morgan fingerprint density at radius 3 is 2.27 bits per heavy atom. The summed E-state index contributed by atoms with van der Waals surface area (Å²) < 4.78 is 11.1. The van der Waals surface area contributed by atoms with E-state index < -0.39 is 11.9 Å². The first-order valence-corrected chi connectivity index (χ1v) is 11.2. The van der Waals surface area contributed by atoms with E-state index in [1.54, 1.807) is 6.07 Å². The summed E-state index contributed by atoms with van der Waals surface area (Å²) in [6, 6.07) is 5.41. The number of carboxylic acid groups (broad SMARTS) is 1. The van der Waals surface area contributed by atoms with Gasteiger partial charge in [-0.2, -0.15) is 0 Å². The van der Waals surface area contributed by atoms with Crippen molar-refractivity contribution in [2.24, 2.45) is 0 Å². The fraction of sp³-hybridized carbons (Fsp3) is 0.423. The summed E-state index contributed by atoms with van der Waals surface area (Å²) in [5.41, 5.74) is 3.72. The predicted molar refractivity (Wildman–Crippen MR) is 121 cm³/mol. The van der Waals surface area contributed by atoms with Crippen LogP contribution in [0.3, 0.4) is 0 Å². The van der Waals surface area contributed by atoms with E-state index in [1.807, 2.05) is 17.0 Å². The highest BCUT2D eigenvalue weighted by atomic mass is 16.5. The first-order valence-electron chi connectivity index (χ1n) is 11.2. The SMILES string of the molecule is C#CCOc1ccc(C2C3=C(CCCC3=O)N(CCC(=O)O)C3=C2C(=O)CCC3)cc1OC. The van der Waals surface area contributed by atoms with E-state index in [4.69, 9.17) is 15.9 Å². The molecule has 172 valence electrons. The Hall–Kier alpha value is -3.53. The van der Waals surface area contributed by atoms with E-state index in [-0.39, 0.29) is 31.1 Å². The third kappa shape index (κ3) is 4.25. The summed E-state index contributed by atoms with van der Waals surface area (Å²) in [5.74, 6) is 2.02. The minimum absolute atomic E-state index is 0.0122. The number of allylic oxidation sites excluding steroid dienone is 4. The molecule has 0 radical (unpaired) electrons. The van der Waals surface area contributed by atoms with E-state index in [0.717, 1.165) is 17.0 Å². The lowest BCUT2D eigenvalue weighted by Crippen LogP contribution is -2.39. The lowest BCUT2D eigenvalue weighted by molar-refractivity contribution is -0.137. The number of carbonyl (C=O) groups excluding carboxylic acids is 2. The Balaban J connectivity index is 1.87. The van der Waals surface area contributed by atoms with Gasteiger partial charge in [0.2, 0.25) is 0 Å². The zero-order valence-corrected chi connectivity index (χ0v) is 18.7. The second-order valence-electron chi connectivity index (χ2n) is 8.41. The highest BCUT2D eigenvalue weighted by molar-refractivity contribution is 6.06. The number of carboxylic acids is 1. The van der Waals surface area contributed by atoms with Crippen LogP contribution in [0.1, 0.15) is 56.4 Å². The number of carbonyl (C=O) groups is 3. The smallest absolute Gasteiger partial charge is 0.305 e. The topological polar surface area (TPSA) is 93.1 Å². The Morgan fingerprint density at radius 2 is 1.73 bits per heavy atom. The standard InChI is InChI=1S/C26H27NO6/c1-3-14-33-21-11-10-16(15-22(21)32-2)24-25-17(6-4-8-19(25)28)27(13-12-23(30)31)18-7-5-9-20(29)26(18)24/h1,10-11,15,24H,4-9,12-14H2,2H3,(H,30,31). The fourth-order valence-corrected chi connectivity index (χ4v) is 5.13. The van der Waals surface area contributed by atoms with E-state index in [0.29, 0.717) is 61.2 Å². The largest absolute Gasteiger partial charge is 0.493 e. The van der Waals surface area contributed by atoms with Crippen molar-refractivity contribution in [3.05, 3.63) is 46.3 Å². The van der Waals surface area contributed by atoms with Crippen LogP contribution >= 0.6 is 0 Å². The van der Waals surface area contributed by atoms with Crippen LogP contribution < -0.4 is 9.47 Å². The highest BCUT2D eigenvalue weighted by Gasteiger charge is 2.43. The summed E-state index contributed by atoms with van der Waals surface area (Å²) in [7, 11) is 1.53. The van der Waals surface area contributed by atoms with Crippen molar-refractivity contribution in [2.45, 2.75) is 50.9 Å². The molecule has 1 aromatic rings. The maximum Gasteiger partial charge on any atom is 0.305 e. The van der Waals surface area contributed by atoms with Crippen molar-refractivity contribution in [3.63, 3.8) is 0 Å². The van der Waals surface area contributed by atoms with Crippen molar-refractivity contribution in [3.8, 4) is 23.8 Å². The van der Waals surface area contributed by atoms with Crippen molar-refractivity contribution in [2.75, 3.05) is 20.3 Å². The lowest BCUT2D eigenvalue weighted by atomic mass is 9.71. The van der Waals surface area contributed by atoms with Gasteiger partial charge in [0.05, 0.1) is 13.5 Å². The molecule has 1 aromatic carbocycles. The van der Waals surface area contributed by atoms with E-state index in [2.05, 4.69) is 5.92 Å². The summed E-state index contributed by atoms with van der Waals surface area (Å²) in [4.78, 5) is 39.7. The van der Waals surface area contributed by atoms with E-state index in [1.165, 1.54) is 7.11 Å². The van der Waals surface area contributed by atoms with Gasteiger partial charge >= 0.3 is 5.97 Å². The lowest BCUT2D eigenvalue weighted by Gasteiger charge is -2.44. The van der Waals surface area contributed by atoms with Crippen molar-refractivity contribution in [1.82, 2.24) is 4.90 Å². The Kier molecular flexibility index (Phi) is 6.55. The van der Waals surface area contributed by atoms with Crippen molar-refractivity contribution < 1.29 is 29.0 Å². The molecule has 7 nitrogen and oxygen atoms in total. The minimum atomic E-state index is -0.905. The van der Waals surface area contributed by atoms with Crippen LogP contribution in [0.25, 0.3) is 0 Å². The molecule has 2 aliphatic carbocycles. The molecule has 0 atom stereocenters. The number of terminal acetylenes is 1. The van der Waals surface area contributed by atoms with Gasteiger partial charge in [-0.25, -0.2) is 0 Å². The zero-order chi connectivity index (χ0) is 23.5. The molecule has 0 fully saturated rings. The van der Waals surface area contributed by atoms with Crippen LogP contribution in [0.2, 0.25) is 0 Å². The summed E-state index contributed by atoms with van der Waals surface area (Å²) in [6.07, 6.45) is 8.87. The second kappa shape index (κ2) is 9.53. The average molecular weight is 450 g/mol. The Morgan fingerprint density at radius 1 is 1.09 bits per heavy atom. The fourth-order valence-electron chi connectivity index (χ4n) is 5.13. The summed E-state index contributed by atoms with van der Waals surface area (Å²) in [5, 5.41) is 9.28. The van der Waals surface area contributed by atoms with Gasteiger partial charge in [-0.3, -0.25) is 14.4 Å². The average Bonchev–Trinajstić information content (AvgIpc) is 2.81. The van der Waals surface area contributed by atoms with E-state index in [9.17, 15) is 19.5 Å². The normalized spacial score (nSPS) is 18.6. The molecular formula is C26H27NO6. The molecule has 0 saturated carbocycles. The summed E-state index contributed by atoms with van der Waals surface area (Å²) >= 11 is 0. The molecule has 0 bridgehead atoms. The van der Waals surface area contributed by atoms with Gasteiger partial charge in [0.1, 0.15) is 6.61 Å². The van der Waals surface area contributed by atoms with Crippen LogP contribution in [0, 0.1) is 12.3 Å². The number of rotatable bonds is 7. The maximum absolute atomic E-state index is 13.2. The quantitative estimate of drug-likeness (QED) is 0.636. The monoisotopic (exact) mass is 449 g/mol. The Bertz CT molecular complexity index is 1060. The van der Waals surface area contributed by atoms with Gasteiger partial charge in [-0.05, 0) is 43.4 Å². The number of ketones is 2. The minimum Gasteiger partial charge on any atom is -0.493 e. The second-order valence-corrected chi connectivity index (χ2v) is 8.41. The number of hydrogen-bond acceptors (Lipinski definition) is 6. The number of aliphatic carboxylic acids is 1. The number of benzene rings is 1. The molecule has 0 unspecified atom stereocenters. The van der Waals surface area contributed by atoms with Gasteiger partial charge in [0.15, 0.2) is 23.1 Å². The third-order valence-electron chi connectivity index (χ3n) is 6.47. The van der Waals surface area contributed by atoms with Gasteiger partial charge < -0.3 is 19.5 Å². The van der Waals surface area contributed by atoms with Gasteiger partial charge in [0, 0.05) is 47.8 Å². The van der Waals surface area contributed by atoms with Gasteiger partial charge in [-0.15, -0.1) is 6.42 Å². The van der Waals surface area contributed by atoms with E-state index >= 15 is 0 Å². The van der Waals surface area contributed by atoms with Crippen LogP contribution in [0.5, 0.6) is 11.5 Å². The number of nitrogens with zero attached hydrogens (tertiary/aromatic N) is 1. The summed E-state index contributed by atoms with van der Waals surface area (Å²) in [6.45, 7) is 0.349. The molecule has 0 saturated heterocycles. The van der Waals surface area contributed by atoms with Crippen molar-refractivity contribution >= 4 is 17.5 Å². The zero-order valence-electron chi connectivity index (χ0n) is 18.7. The number of methoxy groups -OCH3 is 1. The highest BCUT2D eigenvalue weighted by Crippen LogP contribution is 2.50. The molecule has 3 aliphatic rings. The van der Waals surface area contributed by atoms with Crippen LogP contribution in [-0.4, -0.2) is 47.8 Å². The van der Waals surface area contributed by atoms with Crippen LogP contribution in [0.4, 0.5) is 0 Å². The molecular weight excluding hydrogens is 422 g/mol. The van der Waals surface area contributed by atoms with Gasteiger partial charge in [0.25, 0.3) is 0 Å². The first kappa shape index (κ1) is 22.7. The molecule has 7 heteroatoms. The first-order chi connectivity index (χ1) is 16.0. The molecule has 33 heavy (non-hydrogen) atoms. The van der Waals surface area contributed by atoms with Crippen molar-refractivity contribution in [1.29, 1.82) is 0 Å². The molecule has 0 aromatic heterocycles. The molecule has 0 amide bonds. The van der Waals surface area contributed by atoms with Crippen LogP contribution in [0.15, 0.2) is 40.7 Å². The number of Topliss-reactive ketones (excluding diaryl/α,β-unsaturated/α-hetero) is 2. The van der Waals surface area contributed by atoms with Crippen LogP contribution in [-0.2, 0) is 14.4 Å². The molecule has 1 heterocycles. The molecule has 1 aliphatic heterocycles. The molecule has 4 rings (SSSR count). The maximum atomic E-state index is 13.2.